The lowest BCUT2D eigenvalue weighted by Gasteiger charge is -2.10. The molecule has 146 valence electrons. The first-order valence-electron chi connectivity index (χ1n) is 9.45. The lowest BCUT2D eigenvalue weighted by Crippen LogP contribution is -2.15. The molecule has 0 N–H and O–H groups in total. The first kappa shape index (κ1) is 18.6. The van der Waals surface area contributed by atoms with Crippen molar-refractivity contribution in [1.82, 2.24) is 24.1 Å². The van der Waals surface area contributed by atoms with Crippen molar-refractivity contribution in [3.63, 3.8) is 0 Å². The highest BCUT2D eigenvalue weighted by atomic mass is 79.9. The van der Waals surface area contributed by atoms with E-state index in [9.17, 15) is 4.79 Å². The van der Waals surface area contributed by atoms with Crippen molar-refractivity contribution in [3.8, 4) is 0 Å². The minimum atomic E-state index is -0.0867. The molecule has 0 bridgehead atoms. The Balaban J connectivity index is 1.41. The zero-order chi connectivity index (χ0) is 19.8. The van der Waals surface area contributed by atoms with E-state index in [1.807, 2.05) is 30.3 Å². The highest BCUT2D eigenvalue weighted by molar-refractivity contribution is 9.10. The van der Waals surface area contributed by atoms with Gasteiger partial charge in [-0.1, -0.05) is 42.1 Å². The highest BCUT2D eigenvalue weighted by Crippen LogP contribution is 2.40. The van der Waals surface area contributed by atoms with Gasteiger partial charge >= 0.3 is 0 Å². The van der Waals surface area contributed by atoms with Crippen LogP contribution in [0, 0.1) is 0 Å². The number of halogens is 1. The largest absolute Gasteiger partial charge is 0.301 e. The maximum atomic E-state index is 12.4. The first-order valence-corrected chi connectivity index (χ1v) is 11.2. The quantitative estimate of drug-likeness (QED) is 0.396. The van der Waals surface area contributed by atoms with Gasteiger partial charge in [0.25, 0.3) is 5.56 Å². The molecule has 29 heavy (non-hydrogen) atoms. The van der Waals surface area contributed by atoms with Crippen molar-refractivity contribution in [2.45, 2.75) is 36.2 Å². The van der Waals surface area contributed by atoms with Crippen LogP contribution < -0.4 is 5.56 Å². The molecule has 1 aliphatic rings. The van der Waals surface area contributed by atoms with Gasteiger partial charge < -0.3 is 4.57 Å². The molecule has 1 aliphatic carbocycles. The molecule has 4 aromatic rings. The molecule has 8 heteroatoms. The fourth-order valence-electron chi connectivity index (χ4n) is 3.30. The molecule has 6 nitrogen and oxygen atoms in total. The average Bonchev–Trinajstić information content (AvgIpc) is 3.50. The molecule has 1 aromatic carbocycles. The summed E-state index contributed by atoms with van der Waals surface area (Å²) in [4.78, 5) is 17.1. The highest BCUT2D eigenvalue weighted by Gasteiger charge is 2.30. The number of fused-ring (bicyclic) bond motifs is 1. The second-order valence-electron chi connectivity index (χ2n) is 7.14. The Morgan fingerprint density at radius 3 is 2.72 bits per heavy atom. The Morgan fingerprint density at radius 1 is 1.10 bits per heavy atom. The van der Waals surface area contributed by atoms with Crippen LogP contribution in [0.1, 0.15) is 35.8 Å². The van der Waals surface area contributed by atoms with Gasteiger partial charge in [-0.15, -0.1) is 10.2 Å². The molecule has 1 fully saturated rings. The third-order valence-electron chi connectivity index (χ3n) is 4.90. The zero-order valence-corrected chi connectivity index (χ0v) is 17.9. The monoisotopic (exact) mass is 467 g/mol. The number of hydrogen-bond acceptors (Lipinski definition) is 5. The summed E-state index contributed by atoms with van der Waals surface area (Å²) in [6.45, 7) is 0.754. The van der Waals surface area contributed by atoms with Crippen molar-refractivity contribution >= 4 is 33.3 Å². The van der Waals surface area contributed by atoms with Gasteiger partial charge in [0, 0.05) is 28.4 Å². The van der Waals surface area contributed by atoms with Gasteiger partial charge in [0.05, 0.1) is 12.2 Å². The summed E-state index contributed by atoms with van der Waals surface area (Å²) in [5.41, 5.74) is 2.52. The predicted octanol–water partition coefficient (Wildman–Crippen LogP) is 4.27. The predicted molar refractivity (Wildman–Crippen MR) is 116 cm³/mol. The molecule has 0 saturated heterocycles. The summed E-state index contributed by atoms with van der Waals surface area (Å²) in [7, 11) is 0. The van der Waals surface area contributed by atoms with E-state index in [2.05, 4.69) is 47.8 Å². The van der Waals surface area contributed by atoms with Crippen LogP contribution in [0.25, 0.3) is 5.65 Å². The summed E-state index contributed by atoms with van der Waals surface area (Å²) in [5.74, 6) is 2.15. The minimum absolute atomic E-state index is 0.0867. The second kappa shape index (κ2) is 7.76. The van der Waals surface area contributed by atoms with Crippen LogP contribution in [-0.4, -0.2) is 24.1 Å². The Hall–Kier alpha value is -2.45. The number of pyridine rings is 1. The number of rotatable bonds is 6. The van der Waals surface area contributed by atoms with E-state index in [4.69, 9.17) is 0 Å². The third-order valence-corrected chi connectivity index (χ3v) is 6.37. The van der Waals surface area contributed by atoms with Crippen molar-refractivity contribution in [3.05, 3.63) is 86.6 Å². The maximum Gasteiger partial charge on any atom is 0.258 e. The summed E-state index contributed by atoms with van der Waals surface area (Å²) in [5, 5.41) is 9.78. The lowest BCUT2D eigenvalue weighted by molar-refractivity contribution is 0.667. The van der Waals surface area contributed by atoms with Crippen LogP contribution >= 0.6 is 27.7 Å². The standard InChI is InChI=1S/C21H18BrN5OS/c22-16-8-9-18-23-17(10-19(28)26(18)12-16)13-29-21-25-24-20(15-6-7-15)27(21)11-14-4-2-1-3-5-14/h1-5,8-10,12,15H,6-7,11,13H2. The Bertz CT molecular complexity index is 1230. The molecule has 0 spiro atoms. The van der Waals surface area contributed by atoms with Crippen molar-refractivity contribution < 1.29 is 0 Å². The van der Waals surface area contributed by atoms with Crippen LogP contribution in [0.4, 0.5) is 0 Å². The van der Waals surface area contributed by atoms with Gasteiger partial charge in [0.1, 0.15) is 11.5 Å². The summed E-state index contributed by atoms with van der Waals surface area (Å²) in [6, 6.07) is 15.7. The van der Waals surface area contributed by atoms with Gasteiger partial charge in [-0.25, -0.2) is 4.98 Å². The molecule has 5 rings (SSSR count). The molecule has 3 aromatic heterocycles. The van der Waals surface area contributed by atoms with Gasteiger partial charge in [0.2, 0.25) is 0 Å². The Labute approximate surface area is 180 Å². The number of hydrogen-bond donors (Lipinski definition) is 0. The van der Waals surface area contributed by atoms with E-state index in [-0.39, 0.29) is 5.56 Å². The molecule has 1 saturated carbocycles. The first-order chi connectivity index (χ1) is 14.2. The second-order valence-corrected chi connectivity index (χ2v) is 8.99. The smallest absolute Gasteiger partial charge is 0.258 e. The molecular weight excluding hydrogens is 450 g/mol. The van der Waals surface area contributed by atoms with Crippen molar-refractivity contribution in [2.24, 2.45) is 0 Å². The Kier molecular flexibility index (Phi) is 4.97. The molecule has 0 unspecified atom stereocenters. The van der Waals surface area contributed by atoms with Crippen LogP contribution in [0.2, 0.25) is 0 Å². The summed E-state index contributed by atoms with van der Waals surface area (Å²) < 4.78 is 4.60. The fourth-order valence-corrected chi connectivity index (χ4v) is 4.48. The summed E-state index contributed by atoms with van der Waals surface area (Å²) >= 11 is 4.97. The molecular formula is C21H18BrN5OS. The van der Waals surface area contributed by atoms with E-state index in [1.54, 1.807) is 28.4 Å². The van der Waals surface area contributed by atoms with E-state index in [0.29, 0.717) is 17.3 Å². The average molecular weight is 468 g/mol. The molecule has 3 heterocycles. The lowest BCUT2D eigenvalue weighted by atomic mass is 10.2. The maximum absolute atomic E-state index is 12.4. The minimum Gasteiger partial charge on any atom is -0.301 e. The van der Waals surface area contributed by atoms with E-state index in [1.165, 1.54) is 18.4 Å². The number of aromatic nitrogens is 5. The van der Waals surface area contributed by atoms with Gasteiger partial charge in [0.15, 0.2) is 5.16 Å². The van der Waals surface area contributed by atoms with E-state index < -0.39 is 0 Å². The molecule has 0 atom stereocenters. The fraction of sp³-hybridized carbons (Fsp3) is 0.238. The molecule has 0 radical (unpaired) electrons. The Morgan fingerprint density at radius 2 is 1.93 bits per heavy atom. The van der Waals surface area contributed by atoms with Crippen molar-refractivity contribution in [1.29, 1.82) is 0 Å². The molecule has 0 amide bonds. The third kappa shape index (κ3) is 4.00. The number of nitrogens with zero attached hydrogens (tertiary/aromatic N) is 5. The van der Waals surface area contributed by atoms with Crippen LogP contribution in [0.5, 0.6) is 0 Å². The van der Waals surface area contributed by atoms with Crippen LogP contribution in [-0.2, 0) is 12.3 Å². The van der Waals surface area contributed by atoms with Crippen LogP contribution in [0.3, 0.4) is 0 Å². The van der Waals surface area contributed by atoms with E-state index in [0.717, 1.165) is 27.7 Å². The SMILES string of the molecule is O=c1cc(CSc2nnc(C3CC3)n2Cc2ccccc2)nc2ccc(Br)cn12. The summed E-state index contributed by atoms with van der Waals surface area (Å²) in [6.07, 6.45) is 4.09. The van der Waals surface area contributed by atoms with Gasteiger partial charge in [-0.05, 0) is 46.5 Å². The van der Waals surface area contributed by atoms with Gasteiger partial charge in [-0.2, -0.15) is 0 Å². The topological polar surface area (TPSA) is 65.1 Å². The van der Waals surface area contributed by atoms with Crippen LogP contribution in [0.15, 0.2) is 69.2 Å². The van der Waals surface area contributed by atoms with Gasteiger partial charge in [-0.3, -0.25) is 9.20 Å². The molecule has 0 aliphatic heterocycles. The van der Waals surface area contributed by atoms with E-state index >= 15 is 0 Å². The number of thioether (sulfide) groups is 1. The zero-order valence-electron chi connectivity index (χ0n) is 15.5. The van der Waals surface area contributed by atoms with Crippen molar-refractivity contribution in [2.75, 3.05) is 0 Å². The normalized spacial score (nSPS) is 13.8. The number of benzene rings is 1.